The summed E-state index contributed by atoms with van der Waals surface area (Å²) < 4.78 is 0. The van der Waals surface area contributed by atoms with Crippen molar-refractivity contribution in [2.45, 2.75) is 6.92 Å². The second kappa shape index (κ2) is 2.47. The lowest BCUT2D eigenvalue weighted by Crippen LogP contribution is -2.22. The highest BCUT2D eigenvalue weighted by Crippen LogP contribution is 1.97. The first kappa shape index (κ1) is 6.74. The van der Waals surface area contributed by atoms with Crippen molar-refractivity contribution in [3.8, 4) is 0 Å². The highest BCUT2D eigenvalue weighted by atomic mass is 16.4. The van der Waals surface area contributed by atoms with Crippen molar-refractivity contribution in [3.63, 3.8) is 0 Å². The van der Waals surface area contributed by atoms with E-state index in [0.29, 0.717) is 5.69 Å². The maximum atomic E-state index is 10.2. The molecule has 0 atom stereocenters. The number of nitrogens with zero attached hydrogens (tertiary/aromatic N) is 1. The average Bonchev–Trinajstić information content (AvgIpc) is 1.88. The van der Waals surface area contributed by atoms with Gasteiger partial charge in [0.25, 0.3) is 0 Å². The van der Waals surface area contributed by atoms with Crippen LogP contribution in [0.4, 0.5) is 0 Å². The van der Waals surface area contributed by atoms with E-state index >= 15 is 0 Å². The van der Waals surface area contributed by atoms with Gasteiger partial charge in [-0.05, 0) is 19.1 Å². The van der Waals surface area contributed by atoms with Crippen LogP contribution in [0.1, 0.15) is 16.1 Å². The number of hydrogen-bond acceptors (Lipinski definition) is 3. The summed E-state index contributed by atoms with van der Waals surface area (Å²) in [5.41, 5.74) is 0.856. The maximum Gasteiger partial charge on any atom is 0.0716 e. The summed E-state index contributed by atoms with van der Waals surface area (Å²) in [7, 11) is 0. The van der Waals surface area contributed by atoms with Crippen molar-refractivity contribution in [2.75, 3.05) is 0 Å². The summed E-state index contributed by atoms with van der Waals surface area (Å²) >= 11 is 0. The van der Waals surface area contributed by atoms with Gasteiger partial charge in [0.2, 0.25) is 0 Å². The number of carbonyl (C=O) groups is 1. The molecular weight excluding hydrogens is 130 g/mol. The van der Waals surface area contributed by atoms with E-state index in [9.17, 15) is 9.90 Å². The minimum absolute atomic E-state index is 0.174. The Bertz CT molecular complexity index is 258. The predicted molar refractivity (Wildman–Crippen MR) is 33.3 cm³/mol. The van der Waals surface area contributed by atoms with Gasteiger partial charge < -0.3 is 9.90 Å². The Labute approximate surface area is 58.3 Å². The third-order valence-electron chi connectivity index (χ3n) is 1.13. The predicted octanol–water partition coefficient (Wildman–Crippen LogP) is -0.246. The molecule has 1 rings (SSSR count). The van der Waals surface area contributed by atoms with Crippen LogP contribution in [0.5, 0.6) is 0 Å². The molecule has 1 heterocycles. The molecule has 3 heteroatoms. The van der Waals surface area contributed by atoms with Gasteiger partial charge in [-0.15, -0.1) is 0 Å². The molecule has 0 fully saturated rings. The van der Waals surface area contributed by atoms with Crippen molar-refractivity contribution >= 4 is 5.97 Å². The van der Waals surface area contributed by atoms with Crippen LogP contribution < -0.4 is 5.11 Å². The number of aromatic nitrogens is 1. The first-order valence-corrected chi connectivity index (χ1v) is 2.84. The van der Waals surface area contributed by atoms with Crippen LogP contribution in [0, 0.1) is 6.92 Å². The largest absolute Gasteiger partial charge is 0.545 e. The third kappa shape index (κ3) is 1.31. The van der Waals surface area contributed by atoms with Crippen LogP contribution in [-0.2, 0) is 0 Å². The quantitative estimate of drug-likeness (QED) is 0.535. The van der Waals surface area contributed by atoms with Gasteiger partial charge in [-0.3, -0.25) is 4.98 Å². The molecule has 0 spiro atoms. The van der Waals surface area contributed by atoms with E-state index in [1.165, 1.54) is 18.3 Å². The number of rotatable bonds is 1. The molecule has 52 valence electrons. The van der Waals surface area contributed by atoms with Crippen LogP contribution in [0.2, 0.25) is 0 Å². The monoisotopic (exact) mass is 136 g/mol. The summed E-state index contributed by atoms with van der Waals surface area (Å²) in [6.07, 6.45) is 1.44. The number of hydrogen-bond donors (Lipinski definition) is 0. The summed E-state index contributed by atoms with van der Waals surface area (Å²) in [6, 6.07) is 2.87. The minimum atomic E-state index is -1.16. The maximum absolute atomic E-state index is 10.2. The first-order chi connectivity index (χ1) is 4.70. The van der Waals surface area contributed by atoms with E-state index in [4.69, 9.17) is 0 Å². The van der Waals surface area contributed by atoms with Gasteiger partial charge in [0.1, 0.15) is 0 Å². The van der Waals surface area contributed by atoms with E-state index in [2.05, 4.69) is 4.98 Å². The fourth-order valence-corrected chi connectivity index (χ4v) is 0.673. The van der Waals surface area contributed by atoms with Gasteiger partial charge in [0.05, 0.1) is 5.97 Å². The van der Waals surface area contributed by atoms with E-state index in [1.54, 1.807) is 6.92 Å². The van der Waals surface area contributed by atoms with Crippen molar-refractivity contribution in [2.24, 2.45) is 0 Å². The third-order valence-corrected chi connectivity index (χ3v) is 1.13. The van der Waals surface area contributed by atoms with Gasteiger partial charge in [0.15, 0.2) is 0 Å². The Kier molecular flexibility index (Phi) is 1.67. The van der Waals surface area contributed by atoms with Crippen molar-refractivity contribution in [1.82, 2.24) is 4.98 Å². The molecule has 0 saturated heterocycles. The second-order valence-corrected chi connectivity index (χ2v) is 1.97. The first-order valence-electron chi connectivity index (χ1n) is 2.84. The van der Waals surface area contributed by atoms with Crippen LogP contribution in [0.15, 0.2) is 18.3 Å². The summed E-state index contributed by atoms with van der Waals surface area (Å²) in [4.78, 5) is 14.0. The molecule has 0 aliphatic rings. The molecule has 0 aliphatic heterocycles. The molecule has 0 unspecified atom stereocenters. The number of carbonyl (C=O) groups excluding carboxylic acids is 1. The number of aromatic carboxylic acids is 1. The fraction of sp³-hybridized carbons (Fsp3) is 0.143. The van der Waals surface area contributed by atoms with Crippen LogP contribution in [0.3, 0.4) is 0 Å². The SMILES string of the molecule is Cc1cc(C(=O)[O-])ccn1. The highest BCUT2D eigenvalue weighted by Gasteiger charge is 1.91. The van der Waals surface area contributed by atoms with Gasteiger partial charge in [-0.25, -0.2) is 0 Å². The Morgan fingerprint density at radius 1 is 1.70 bits per heavy atom. The topological polar surface area (TPSA) is 53.0 Å². The van der Waals surface area contributed by atoms with Gasteiger partial charge in [0, 0.05) is 17.5 Å². The molecule has 0 aromatic carbocycles. The van der Waals surface area contributed by atoms with Crippen LogP contribution in [-0.4, -0.2) is 11.0 Å². The number of aryl methyl sites for hydroxylation is 1. The number of pyridine rings is 1. The Morgan fingerprint density at radius 2 is 2.40 bits per heavy atom. The Hall–Kier alpha value is -1.38. The zero-order valence-electron chi connectivity index (χ0n) is 5.50. The molecule has 0 N–H and O–H groups in total. The van der Waals surface area contributed by atoms with Crippen molar-refractivity contribution in [3.05, 3.63) is 29.6 Å². The Morgan fingerprint density at radius 3 is 2.80 bits per heavy atom. The van der Waals surface area contributed by atoms with E-state index in [1.807, 2.05) is 0 Å². The lowest BCUT2D eigenvalue weighted by molar-refractivity contribution is -0.255. The van der Waals surface area contributed by atoms with E-state index in [0.717, 1.165) is 0 Å². The molecule has 3 nitrogen and oxygen atoms in total. The van der Waals surface area contributed by atoms with Crippen molar-refractivity contribution in [1.29, 1.82) is 0 Å². The molecule has 0 radical (unpaired) electrons. The number of carboxylic acid groups (broad SMARTS) is 1. The summed E-state index contributed by atoms with van der Waals surface area (Å²) in [6.45, 7) is 1.73. The highest BCUT2D eigenvalue weighted by molar-refractivity contribution is 5.85. The summed E-state index contributed by atoms with van der Waals surface area (Å²) in [5.74, 6) is -1.16. The zero-order valence-corrected chi connectivity index (χ0v) is 5.50. The Balaban J connectivity index is 3.07. The molecule has 1 aromatic heterocycles. The smallest absolute Gasteiger partial charge is 0.0716 e. The van der Waals surface area contributed by atoms with Crippen LogP contribution in [0.25, 0.3) is 0 Å². The molecule has 0 amide bonds. The van der Waals surface area contributed by atoms with E-state index in [-0.39, 0.29) is 5.56 Å². The second-order valence-electron chi connectivity index (χ2n) is 1.97. The van der Waals surface area contributed by atoms with Crippen LogP contribution >= 0.6 is 0 Å². The van der Waals surface area contributed by atoms with Gasteiger partial charge in [-0.1, -0.05) is 0 Å². The normalized spacial score (nSPS) is 9.30. The standard InChI is InChI=1S/C7H7NO2/c1-5-4-6(7(9)10)2-3-8-5/h2-4H,1H3,(H,9,10)/p-1. The summed E-state index contributed by atoms with van der Waals surface area (Å²) in [5, 5.41) is 10.2. The molecule has 10 heavy (non-hydrogen) atoms. The zero-order chi connectivity index (χ0) is 7.56. The number of carboxylic acids is 1. The van der Waals surface area contributed by atoms with Gasteiger partial charge in [-0.2, -0.15) is 0 Å². The molecule has 0 bridgehead atoms. The minimum Gasteiger partial charge on any atom is -0.545 e. The van der Waals surface area contributed by atoms with E-state index < -0.39 is 5.97 Å². The fourth-order valence-electron chi connectivity index (χ4n) is 0.673. The molecule has 0 aliphatic carbocycles. The molecular formula is C7H6NO2-. The molecule has 0 saturated carbocycles. The van der Waals surface area contributed by atoms with Gasteiger partial charge >= 0.3 is 0 Å². The average molecular weight is 136 g/mol. The lowest BCUT2D eigenvalue weighted by atomic mass is 10.2. The molecule has 1 aromatic rings. The lowest BCUT2D eigenvalue weighted by Gasteiger charge is -2.00. The van der Waals surface area contributed by atoms with Crippen molar-refractivity contribution < 1.29 is 9.90 Å².